The number of unbranched alkanes of at least 4 members (excludes halogenated alkanes) is 2. The molecule has 6 heteroatoms. The minimum atomic E-state index is -0.295. The van der Waals surface area contributed by atoms with Crippen molar-refractivity contribution >= 4 is 18.4 Å². The molecule has 0 spiro atoms. The Kier molecular flexibility index (Phi) is 11.2. The Hall–Kier alpha value is -2.03. The Bertz CT molecular complexity index is 1100. The van der Waals surface area contributed by atoms with Gasteiger partial charge >= 0.3 is 5.97 Å². The van der Waals surface area contributed by atoms with Crippen molar-refractivity contribution in [3.63, 3.8) is 0 Å². The number of hydrogen-bond donors (Lipinski definition) is 0. The monoisotopic (exact) mass is 570 g/mol. The first-order valence-corrected chi connectivity index (χ1v) is 15.4. The molecule has 222 valence electrons. The van der Waals surface area contributed by atoms with Crippen LogP contribution in [0.15, 0.2) is 23.8 Å². The quantitative estimate of drug-likeness (QED) is 0.122. The van der Waals surface area contributed by atoms with Crippen molar-refractivity contribution in [3.05, 3.63) is 34.9 Å². The normalized spacial score (nSPS) is 23.9. The fraction of sp³-hybridized carbons (Fsp3) is 0.706. The van der Waals surface area contributed by atoms with Gasteiger partial charge in [-0.3, -0.25) is 4.79 Å². The van der Waals surface area contributed by atoms with Crippen molar-refractivity contribution in [2.24, 2.45) is 5.92 Å². The number of piperidine rings is 1. The Balaban J connectivity index is 0.00000441. The Morgan fingerprint density at radius 1 is 1.23 bits per heavy atom. The molecule has 1 aromatic rings. The van der Waals surface area contributed by atoms with Crippen LogP contribution in [0.2, 0.25) is 0 Å². The van der Waals surface area contributed by atoms with Gasteiger partial charge in [0.2, 0.25) is 0 Å². The molecule has 0 amide bonds. The molecule has 1 aromatic carbocycles. The second-order valence-corrected chi connectivity index (χ2v) is 13.5. The van der Waals surface area contributed by atoms with Crippen LogP contribution in [0.25, 0.3) is 0 Å². The van der Waals surface area contributed by atoms with E-state index in [0.29, 0.717) is 30.6 Å². The van der Waals surface area contributed by atoms with Crippen LogP contribution in [0.1, 0.15) is 129 Å². The van der Waals surface area contributed by atoms with Gasteiger partial charge in [-0.05, 0) is 109 Å². The minimum absolute atomic E-state index is 0. The van der Waals surface area contributed by atoms with Gasteiger partial charge in [0.05, 0.1) is 6.07 Å². The summed E-state index contributed by atoms with van der Waals surface area (Å²) in [6.45, 7) is 15.5. The molecule has 1 fully saturated rings. The average molecular weight is 571 g/mol. The lowest BCUT2D eigenvalue weighted by atomic mass is 9.66. The molecule has 0 N–H and O–H groups in total. The predicted molar refractivity (Wildman–Crippen MR) is 164 cm³/mol. The summed E-state index contributed by atoms with van der Waals surface area (Å²) in [5.41, 5.74) is 3.20. The zero-order valence-corrected chi connectivity index (χ0v) is 26.5. The highest BCUT2D eigenvalue weighted by atomic mass is 35.5. The van der Waals surface area contributed by atoms with E-state index in [4.69, 9.17) is 14.7 Å². The van der Waals surface area contributed by atoms with Gasteiger partial charge < -0.3 is 14.4 Å². The van der Waals surface area contributed by atoms with Crippen LogP contribution in [-0.4, -0.2) is 35.6 Å². The van der Waals surface area contributed by atoms with Gasteiger partial charge in [-0.15, -0.1) is 12.4 Å². The molecule has 5 nitrogen and oxygen atoms in total. The molecular weight excluding hydrogens is 520 g/mol. The first kappa shape index (κ1) is 32.5. The van der Waals surface area contributed by atoms with E-state index in [0.717, 1.165) is 68.5 Å². The van der Waals surface area contributed by atoms with Crippen LogP contribution in [0.5, 0.6) is 11.5 Å². The molecule has 1 saturated heterocycles. The molecule has 1 unspecified atom stereocenters. The maximum Gasteiger partial charge on any atom is 0.311 e. The van der Waals surface area contributed by atoms with Crippen molar-refractivity contribution in [2.75, 3.05) is 13.1 Å². The number of ether oxygens (including phenoxy) is 2. The van der Waals surface area contributed by atoms with E-state index in [1.807, 2.05) is 0 Å². The average Bonchev–Trinajstić information content (AvgIpc) is 2.87. The molecule has 0 radical (unpaired) electrons. The van der Waals surface area contributed by atoms with Crippen molar-refractivity contribution in [1.29, 1.82) is 5.26 Å². The molecule has 4 rings (SSSR count). The number of carbonyl (C=O) groups excluding carboxylic acids is 1. The molecule has 0 aromatic heterocycles. The number of rotatable bonds is 10. The third-order valence-corrected chi connectivity index (χ3v) is 9.60. The maximum absolute atomic E-state index is 13.3. The number of nitrogens with zero attached hydrogens (tertiary/aromatic N) is 2. The molecule has 0 bridgehead atoms. The van der Waals surface area contributed by atoms with Gasteiger partial charge in [-0.1, -0.05) is 38.3 Å². The van der Waals surface area contributed by atoms with Crippen LogP contribution in [-0.2, 0) is 10.2 Å². The topological polar surface area (TPSA) is 62.6 Å². The summed E-state index contributed by atoms with van der Waals surface area (Å²) in [6.07, 6.45) is 12.8. The highest BCUT2D eigenvalue weighted by Crippen LogP contribution is 2.55. The van der Waals surface area contributed by atoms with Gasteiger partial charge in [0.25, 0.3) is 0 Å². The summed E-state index contributed by atoms with van der Waals surface area (Å²) in [5.74, 6) is 2.05. The lowest BCUT2D eigenvalue weighted by molar-refractivity contribution is -0.134. The van der Waals surface area contributed by atoms with Crippen molar-refractivity contribution in [1.82, 2.24) is 4.90 Å². The summed E-state index contributed by atoms with van der Waals surface area (Å²) in [7, 11) is 0. The molecule has 3 aliphatic rings. The Morgan fingerprint density at radius 3 is 2.73 bits per heavy atom. The molecule has 3 atom stereocenters. The van der Waals surface area contributed by atoms with E-state index in [9.17, 15) is 4.79 Å². The predicted octanol–water partition coefficient (Wildman–Crippen LogP) is 8.64. The standard InChI is InChI=1S/C34H50N2O3.ClH/c1-24-15-16-28-27(21-24)32-29(38-31(37)14-12-20-36-19-11-8-13-25(36)2)22-26(23-30(32)39-34(28,5)6)33(3,4)17-9-7-10-18-35;/h15,22-23,25,27-28H,7-14,16-17,19-21H2,1-6H3;1H/t25?,27-,28-;/m1./s1. The lowest BCUT2D eigenvalue weighted by Crippen LogP contribution is -2.45. The van der Waals surface area contributed by atoms with E-state index in [2.05, 4.69) is 70.7 Å². The number of halogens is 1. The van der Waals surface area contributed by atoms with Gasteiger partial charge in [-0.2, -0.15) is 5.26 Å². The van der Waals surface area contributed by atoms with E-state index in [-0.39, 0.29) is 35.3 Å². The number of esters is 1. The molecule has 2 heterocycles. The summed E-state index contributed by atoms with van der Waals surface area (Å²) >= 11 is 0. The summed E-state index contributed by atoms with van der Waals surface area (Å²) in [6, 6.07) is 7.20. The fourth-order valence-corrected chi connectivity index (χ4v) is 7.03. The van der Waals surface area contributed by atoms with Crippen LogP contribution >= 0.6 is 12.4 Å². The molecular formula is C34H51ClN2O3. The number of likely N-dealkylation sites (tertiary alicyclic amines) is 1. The zero-order chi connectivity index (χ0) is 28.2. The van der Waals surface area contributed by atoms with Crippen LogP contribution in [0.3, 0.4) is 0 Å². The zero-order valence-electron chi connectivity index (χ0n) is 25.7. The van der Waals surface area contributed by atoms with E-state index in [1.165, 1.54) is 24.8 Å². The van der Waals surface area contributed by atoms with Crippen LogP contribution < -0.4 is 9.47 Å². The smallest absolute Gasteiger partial charge is 0.311 e. The van der Waals surface area contributed by atoms with Gasteiger partial charge in [0.15, 0.2) is 0 Å². The number of fused-ring (bicyclic) bond motifs is 3. The molecule has 1 aliphatic carbocycles. The maximum atomic E-state index is 13.3. The number of nitriles is 1. The first-order chi connectivity index (χ1) is 18.5. The summed E-state index contributed by atoms with van der Waals surface area (Å²) in [4.78, 5) is 15.8. The van der Waals surface area contributed by atoms with Gasteiger partial charge in [0, 0.05) is 36.3 Å². The summed E-state index contributed by atoms with van der Waals surface area (Å²) in [5, 5.41) is 8.95. The second kappa shape index (κ2) is 13.8. The summed E-state index contributed by atoms with van der Waals surface area (Å²) < 4.78 is 13.0. The SMILES string of the molecule is CC1=CC[C@@H]2[C@@H](C1)c1c(OC(=O)CCCN3CCCCC3C)cc(C(C)(C)CCCCC#N)cc1OC2(C)C.Cl. The molecule has 2 aliphatic heterocycles. The highest BCUT2D eigenvalue weighted by Gasteiger charge is 2.46. The second-order valence-electron chi connectivity index (χ2n) is 13.5. The number of allylic oxidation sites excluding steroid dienone is 2. The largest absolute Gasteiger partial charge is 0.487 e. The lowest BCUT2D eigenvalue weighted by Gasteiger charge is -2.47. The Morgan fingerprint density at radius 2 is 2.00 bits per heavy atom. The fourth-order valence-electron chi connectivity index (χ4n) is 7.03. The highest BCUT2D eigenvalue weighted by molar-refractivity contribution is 5.85. The van der Waals surface area contributed by atoms with Crippen molar-refractivity contribution < 1.29 is 14.3 Å². The van der Waals surface area contributed by atoms with E-state index >= 15 is 0 Å². The number of benzene rings is 1. The molecule has 40 heavy (non-hydrogen) atoms. The van der Waals surface area contributed by atoms with Crippen molar-refractivity contribution in [3.8, 4) is 17.6 Å². The van der Waals surface area contributed by atoms with Gasteiger partial charge in [-0.25, -0.2) is 0 Å². The minimum Gasteiger partial charge on any atom is -0.487 e. The molecule has 0 saturated carbocycles. The van der Waals surface area contributed by atoms with Gasteiger partial charge in [0.1, 0.15) is 17.1 Å². The Labute approximate surface area is 249 Å². The number of carbonyl (C=O) groups is 1. The first-order valence-electron chi connectivity index (χ1n) is 15.4. The third kappa shape index (κ3) is 7.62. The van der Waals surface area contributed by atoms with Crippen LogP contribution in [0, 0.1) is 17.2 Å². The van der Waals surface area contributed by atoms with Crippen molar-refractivity contribution in [2.45, 2.75) is 135 Å². The number of hydrogen-bond acceptors (Lipinski definition) is 5. The third-order valence-electron chi connectivity index (χ3n) is 9.60. The van der Waals surface area contributed by atoms with E-state index < -0.39 is 0 Å². The van der Waals surface area contributed by atoms with E-state index in [1.54, 1.807) is 0 Å². The van der Waals surface area contributed by atoms with Crippen LogP contribution in [0.4, 0.5) is 0 Å².